The van der Waals surface area contributed by atoms with Gasteiger partial charge in [-0.3, -0.25) is 4.79 Å². The number of nitrogens with one attached hydrogen (secondary N) is 2. The molecule has 5 nitrogen and oxygen atoms in total. The molecule has 0 aromatic rings. The summed E-state index contributed by atoms with van der Waals surface area (Å²) in [5, 5.41) is 6.83. The van der Waals surface area contributed by atoms with Gasteiger partial charge in [0, 0.05) is 26.7 Å². The van der Waals surface area contributed by atoms with E-state index >= 15 is 0 Å². The maximum absolute atomic E-state index is 11.7. The molecule has 1 rings (SSSR count). The van der Waals surface area contributed by atoms with Gasteiger partial charge in [0.1, 0.15) is 6.54 Å². The number of nitrogens with zero attached hydrogens (tertiary/aromatic N) is 2. The summed E-state index contributed by atoms with van der Waals surface area (Å²) < 4.78 is 0. The third-order valence-corrected chi connectivity index (χ3v) is 4.11. The Kier molecular flexibility index (Phi) is 8.16. The largest absolute Gasteiger partial charge is 0.356 e. The zero-order valence-electron chi connectivity index (χ0n) is 14.1. The molecule has 21 heavy (non-hydrogen) atoms. The molecule has 1 aliphatic carbocycles. The van der Waals surface area contributed by atoms with Crippen LogP contribution in [0.1, 0.15) is 52.4 Å². The predicted octanol–water partition coefficient (Wildman–Crippen LogP) is 1.99. The summed E-state index contributed by atoms with van der Waals surface area (Å²) in [5.74, 6) is 1.64. The number of amides is 1. The van der Waals surface area contributed by atoms with Crippen LogP contribution < -0.4 is 10.6 Å². The molecule has 0 bridgehead atoms. The lowest BCUT2D eigenvalue weighted by molar-refractivity contribution is -0.127. The first-order chi connectivity index (χ1) is 10.1. The highest BCUT2D eigenvalue weighted by molar-refractivity contribution is 5.84. The minimum Gasteiger partial charge on any atom is -0.356 e. The topological polar surface area (TPSA) is 56.7 Å². The second-order valence-corrected chi connectivity index (χ2v) is 6.16. The van der Waals surface area contributed by atoms with Crippen LogP contribution in [0.25, 0.3) is 0 Å². The summed E-state index contributed by atoms with van der Waals surface area (Å²) in [6, 6.07) is 0.487. The van der Waals surface area contributed by atoms with E-state index in [4.69, 9.17) is 0 Å². The van der Waals surface area contributed by atoms with E-state index in [0.29, 0.717) is 6.04 Å². The van der Waals surface area contributed by atoms with Crippen molar-refractivity contribution in [3.05, 3.63) is 0 Å². The minimum atomic E-state index is 0.0303. The van der Waals surface area contributed by atoms with Crippen molar-refractivity contribution in [1.82, 2.24) is 15.5 Å². The van der Waals surface area contributed by atoms with E-state index in [-0.39, 0.29) is 12.5 Å². The number of rotatable bonds is 6. The van der Waals surface area contributed by atoms with Crippen LogP contribution in [0.2, 0.25) is 0 Å². The Morgan fingerprint density at radius 2 is 2.05 bits per heavy atom. The third-order valence-electron chi connectivity index (χ3n) is 4.11. The Bertz CT molecular complexity index is 341. The van der Waals surface area contributed by atoms with E-state index in [0.717, 1.165) is 24.8 Å². The van der Waals surface area contributed by atoms with E-state index < -0.39 is 0 Å². The smallest absolute Gasteiger partial charge is 0.243 e. The molecule has 1 fully saturated rings. The first-order valence-electron chi connectivity index (χ1n) is 8.31. The molecule has 0 aliphatic heterocycles. The molecule has 0 saturated heterocycles. The number of hydrogen-bond donors (Lipinski definition) is 2. The lowest BCUT2D eigenvalue weighted by Gasteiger charge is -2.30. The molecule has 2 unspecified atom stereocenters. The fourth-order valence-corrected chi connectivity index (χ4v) is 2.67. The monoisotopic (exact) mass is 296 g/mol. The number of carbonyl (C=O) groups excluding carboxylic acids is 1. The van der Waals surface area contributed by atoms with Gasteiger partial charge in [-0.2, -0.15) is 0 Å². The predicted molar refractivity (Wildman–Crippen MR) is 88.5 cm³/mol. The lowest BCUT2D eigenvalue weighted by Crippen LogP contribution is -2.46. The van der Waals surface area contributed by atoms with Gasteiger partial charge in [0.2, 0.25) is 5.91 Å². The van der Waals surface area contributed by atoms with Crippen molar-refractivity contribution >= 4 is 11.9 Å². The zero-order chi connectivity index (χ0) is 15.7. The lowest BCUT2D eigenvalue weighted by atomic mass is 9.84. The molecule has 0 spiro atoms. The van der Waals surface area contributed by atoms with E-state index in [2.05, 4.69) is 29.5 Å². The molecule has 0 heterocycles. The molecule has 0 aromatic carbocycles. The van der Waals surface area contributed by atoms with Gasteiger partial charge in [-0.15, -0.1) is 0 Å². The van der Waals surface area contributed by atoms with Crippen molar-refractivity contribution < 1.29 is 4.79 Å². The van der Waals surface area contributed by atoms with Crippen LogP contribution in [0.5, 0.6) is 0 Å². The van der Waals surface area contributed by atoms with Crippen LogP contribution in [0, 0.1) is 5.92 Å². The maximum atomic E-state index is 11.7. The van der Waals surface area contributed by atoms with E-state index in [1.165, 1.54) is 32.1 Å². The van der Waals surface area contributed by atoms with Crippen LogP contribution in [-0.2, 0) is 4.79 Å². The summed E-state index contributed by atoms with van der Waals surface area (Å²) in [5.41, 5.74) is 0. The van der Waals surface area contributed by atoms with Gasteiger partial charge in [-0.1, -0.05) is 33.1 Å². The van der Waals surface area contributed by atoms with Crippen molar-refractivity contribution in [3.63, 3.8) is 0 Å². The number of guanidine groups is 1. The van der Waals surface area contributed by atoms with Gasteiger partial charge in [0.05, 0.1) is 0 Å². The normalized spacial score (nSPS) is 22.8. The first kappa shape index (κ1) is 17.8. The first-order valence-corrected chi connectivity index (χ1v) is 8.31. The van der Waals surface area contributed by atoms with Crippen LogP contribution >= 0.6 is 0 Å². The number of carbonyl (C=O) groups is 1. The summed E-state index contributed by atoms with van der Waals surface area (Å²) in [4.78, 5) is 17.7. The van der Waals surface area contributed by atoms with Crippen LogP contribution in [0.4, 0.5) is 0 Å². The molecule has 1 aliphatic rings. The standard InChI is InChI=1S/C16H32N4O/c1-5-10-17-16(18-12-15(21)20(3)4)19-14-9-7-8-13(6-2)11-14/h13-14H,5-12H2,1-4H3,(H2,17,18,19). The summed E-state index contributed by atoms with van der Waals surface area (Å²) in [6.45, 7) is 5.48. The van der Waals surface area contributed by atoms with E-state index in [1.807, 2.05) is 0 Å². The molecule has 0 radical (unpaired) electrons. The highest BCUT2D eigenvalue weighted by Gasteiger charge is 2.21. The summed E-state index contributed by atoms with van der Waals surface area (Å²) in [7, 11) is 3.52. The molecule has 1 saturated carbocycles. The average Bonchev–Trinajstić information content (AvgIpc) is 2.49. The Labute approximate surface area is 129 Å². The van der Waals surface area contributed by atoms with Gasteiger partial charge in [-0.05, 0) is 25.2 Å². The minimum absolute atomic E-state index is 0.0303. The quantitative estimate of drug-likeness (QED) is 0.582. The van der Waals surface area contributed by atoms with Crippen LogP contribution in [0.3, 0.4) is 0 Å². The van der Waals surface area contributed by atoms with Gasteiger partial charge in [0.25, 0.3) is 0 Å². The summed E-state index contributed by atoms with van der Waals surface area (Å²) >= 11 is 0. The Morgan fingerprint density at radius 3 is 2.67 bits per heavy atom. The molecular weight excluding hydrogens is 264 g/mol. The number of aliphatic imine (C=N–C) groups is 1. The van der Waals surface area contributed by atoms with Crippen LogP contribution in [0.15, 0.2) is 4.99 Å². The highest BCUT2D eigenvalue weighted by Crippen LogP contribution is 2.26. The van der Waals surface area contributed by atoms with E-state index in [1.54, 1.807) is 19.0 Å². The molecular formula is C16H32N4O. The van der Waals surface area contributed by atoms with Gasteiger partial charge >= 0.3 is 0 Å². The van der Waals surface area contributed by atoms with Gasteiger partial charge in [-0.25, -0.2) is 4.99 Å². The van der Waals surface area contributed by atoms with Gasteiger partial charge in [0.15, 0.2) is 5.96 Å². The molecule has 5 heteroatoms. The zero-order valence-corrected chi connectivity index (χ0v) is 14.1. The second-order valence-electron chi connectivity index (χ2n) is 6.16. The van der Waals surface area contributed by atoms with Crippen molar-refractivity contribution in [1.29, 1.82) is 0 Å². The molecule has 1 amide bonds. The fourth-order valence-electron chi connectivity index (χ4n) is 2.67. The average molecular weight is 296 g/mol. The number of hydrogen-bond acceptors (Lipinski definition) is 2. The fraction of sp³-hybridized carbons (Fsp3) is 0.875. The molecule has 122 valence electrons. The third kappa shape index (κ3) is 6.82. The van der Waals surface area contributed by atoms with Crippen molar-refractivity contribution in [2.45, 2.75) is 58.4 Å². The van der Waals surface area contributed by atoms with Crippen molar-refractivity contribution in [3.8, 4) is 0 Å². The molecule has 0 aromatic heterocycles. The Balaban J connectivity index is 2.55. The van der Waals surface area contributed by atoms with Gasteiger partial charge < -0.3 is 15.5 Å². The van der Waals surface area contributed by atoms with Crippen molar-refractivity contribution in [2.24, 2.45) is 10.9 Å². The highest BCUT2D eigenvalue weighted by atomic mass is 16.2. The maximum Gasteiger partial charge on any atom is 0.243 e. The molecule has 2 atom stereocenters. The number of likely N-dealkylation sites (N-methyl/N-ethyl adjacent to an activating group) is 1. The second kappa shape index (κ2) is 9.64. The van der Waals surface area contributed by atoms with Crippen LogP contribution in [-0.4, -0.2) is 50.0 Å². The van der Waals surface area contributed by atoms with Crippen molar-refractivity contribution in [2.75, 3.05) is 27.2 Å². The SMILES string of the molecule is CCCNC(=NCC(=O)N(C)C)NC1CCCC(CC)C1. The summed E-state index contributed by atoms with van der Waals surface area (Å²) in [6.07, 6.45) is 7.35. The Morgan fingerprint density at radius 1 is 1.29 bits per heavy atom. The van der Waals surface area contributed by atoms with E-state index in [9.17, 15) is 4.79 Å². The Hall–Kier alpha value is -1.26. The molecule has 2 N–H and O–H groups in total.